The van der Waals surface area contributed by atoms with Crippen molar-refractivity contribution in [3.63, 3.8) is 0 Å². The molecule has 6 heteroatoms. The Balaban J connectivity index is 1.48. The lowest BCUT2D eigenvalue weighted by atomic mass is 9.97. The average molecular weight is 458 g/mol. The highest BCUT2D eigenvalue weighted by atomic mass is 32.1. The van der Waals surface area contributed by atoms with Gasteiger partial charge in [-0.25, -0.2) is 4.98 Å². The number of anilines is 1. The zero-order valence-electron chi connectivity index (χ0n) is 19.2. The maximum absolute atomic E-state index is 12.8. The molecule has 33 heavy (non-hydrogen) atoms. The fourth-order valence-electron chi connectivity index (χ4n) is 4.38. The molecule has 2 aromatic heterocycles. The smallest absolute Gasteiger partial charge is 0.262 e. The summed E-state index contributed by atoms with van der Waals surface area (Å²) in [7, 11) is 0. The molecule has 1 aliphatic carbocycles. The molecular weight excluding hydrogens is 430 g/mol. The molecule has 0 bridgehead atoms. The second-order valence-electron chi connectivity index (χ2n) is 8.71. The molecule has 1 aliphatic rings. The number of para-hydroxylation sites is 1. The molecule has 0 saturated carbocycles. The SMILES string of the molecule is Cc1ccc(-c2nc(OCC(=O)Nc3c(C)cccc3C)c3c4c(sc3n2)CCCC4)cc1. The van der Waals surface area contributed by atoms with E-state index < -0.39 is 0 Å². The van der Waals surface area contributed by atoms with Crippen LogP contribution in [-0.4, -0.2) is 22.5 Å². The zero-order valence-corrected chi connectivity index (χ0v) is 20.0. The number of nitrogens with zero attached hydrogens (tertiary/aromatic N) is 2. The summed E-state index contributed by atoms with van der Waals surface area (Å²) in [5, 5.41) is 3.98. The number of aromatic nitrogens is 2. The second kappa shape index (κ2) is 8.94. The minimum Gasteiger partial charge on any atom is -0.467 e. The minimum atomic E-state index is -0.194. The molecule has 0 saturated heterocycles. The summed E-state index contributed by atoms with van der Waals surface area (Å²) in [5.41, 5.74) is 6.32. The average Bonchev–Trinajstić information content (AvgIpc) is 3.19. The zero-order chi connectivity index (χ0) is 22.9. The van der Waals surface area contributed by atoms with Gasteiger partial charge < -0.3 is 10.1 Å². The molecule has 0 radical (unpaired) electrons. The van der Waals surface area contributed by atoms with Gasteiger partial charge in [0.1, 0.15) is 4.83 Å². The van der Waals surface area contributed by atoms with E-state index in [1.54, 1.807) is 11.3 Å². The lowest BCUT2D eigenvalue weighted by Crippen LogP contribution is -2.21. The van der Waals surface area contributed by atoms with Gasteiger partial charge in [0.25, 0.3) is 5.91 Å². The van der Waals surface area contributed by atoms with Crippen LogP contribution in [0.2, 0.25) is 0 Å². The van der Waals surface area contributed by atoms with E-state index >= 15 is 0 Å². The van der Waals surface area contributed by atoms with Crippen LogP contribution in [0.1, 0.15) is 40.0 Å². The van der Waals surface area contributed by atoms with Gasteiger partial charge in [0, 0.05) is 16.1 Å². The van der Waals surface area contributed by atoms with Gasteiger partial charge in [0.15, 0.2) is 12.4 Å². The molecule has 0 atom stereocenters. The molecule has 2 aromatic carbocycles. The number of nitrogens with one attached hydrogen (secondary N) is 1. The van der Waals surface area contributed by atoms with Crippen molar-refractivity contribution in [2.75, 3.05) is 11.9 Å². The van der Waals surface area contributed by atoms with E-state index in [1.165, 1.54) is 22.4 Å². The van der Waals surface area contributed by atoms with Crippen LogP contribution < -0.4 is 10.1 Å². The van der Waals surface area contributed by atoms with Crippen molar-refractivity contribution in [2.45, 2.75) is 46.5 Å². The quantitative estimate of drug-likeness (QED) is 0.389. The summed E-state index contributed by atoms with van der Waals surface area (Å²) in [5.74, 6) is 0.943. The summed E-state index contributed by atoms with van der Waals surface area (Å²) >= 11 is 1.74. The highest BCUT2D eigenvalue weighted by molar-refractivity contribution is 7.18. The Labute approximate surface area is 197 Å². The van der Waals surface area contributed by atoms with Crippen LogP contribution in [0.25, 0.3) is 21.6 Å². The van der Waals surface area contributed by atoms with Crippen molar-refractivity contribution in [3.05, 3.63) is 69.6 Å². The molecular formula is C27H27N3O2S. The van der Waals surface area contributed by atoms with Crippen molar-refractivity contribution >= 4 is 33.1 Å². The van der Waals surface area contributed by atoms with Gasteiger partial charge in [-0.1, -0.05) is 48.0 Å². The van der Waals surface area contributed by atoms with E-state index in [4.69, 9.17) is 14.7 Å². The van der Waals surface area contributed by atoms with Crippen molar-refractivity contribution in [1.29, 1.82) is 0 Å². The first kappa shape index (κ1) is 21.6. The standard InChI is InChI=1S/C27H27N3O2S/c1-16-11-13-19(14-12-16)25-29-26(23-20-9-4-5-10-21(20)33-27(23)30-25)32-15-22(31)28-24-17(2)7-6-8-18(24)3/h6-8,11-14H,4-5,9-10,15H2,1-3H3,(H,28,31). The first-order valence-corrected chi connectivity index (χ1v) is 12.2. The van der Waals surface area contributed by atoms with Gasteiger partial charge in [-0.2, -0.15) is 4.98 Å². The Bertz CT molecular complexity index is 1320. The molecule has 1 N–H and O–H groups in total. The molecule has 168 valence electrons. The van der Waals surface area contributed by atoms with E-state index in [9.17, 15) is 4.79 Å². The number of hydrogen-bond donors (Lipinski definition) is 1. The maximum atomic E-state index is 12.8. The topological polar surface area (TPSA) is 64.1 Å². The predicted octanol–water partition coefficient (Wildman–Crippen LogP) is 6.18. The van der Waals surface area contributed by atoms with E-state index in [2.05, 4.69) is 24.4 Å². The maximum Gasteiger partial charge on any atom is 0.262 e. The Kier molecular flexibility index (Phi) is 5.85. The van der Waals surface area contributed by atoms with Gasteiger partial charge in [0.05, 0.1) is 5.39 Å². The summed E-state index contributed by atoms with van der Waals surface area (Å²) in [4.78, 5) is 24.8. The molecule has 2 heterocycles. The van der Waals surface area contributed by atoms with Crippen molar-refractivity contribution in [3.8, 4) is 17.3 Å². The fraction of sp³-hybridized carbons (Fsp3) is 0.296. The Hall–Kier alpha value is -3.25. The van der Waals surface area contributed by atoms with E-state index in [1.807, 2.05) is 44.2 Å². The lowest BCUT2D eigenvalue weighted by Gasteiger charge is -2.14. The number of ether oxygens (including phenoxy) is 1. The summed E-state index contributed by atoms with van der Waals surface area (Å²) in [6.07, 6.45) is 4.44. The third-order valence-electron chi connectivity index (χ3n) is 6.18. The highest BCUT2D eigenvalue weighted by Gasteiger charge is 2.23. The second-order valence-corrected chi connectivity index (χ2v) is 9.80. The number of aryl methyl sites for hydroxylation is 5. The normalized spacial score (nSPS) is 13.1. The number of hydrogen-bond acceptors (Lipinski definition) is 5. The van der Waals surface area contributed by atoms with Gasteiger partial charge in [0.2, 0.25) is 5.88 Å². The first-order valence-electron chi connectivity index (χ1n) is 11.4. The summed E-state index contributed by atoms with van der Waals surface area (Å²) in [6, 6.07) is 14.1. The number of thiophene rings is 1. The Morgan fingerprint density at radius 2 is 1.73 bits per heavy atom. The molecule has 4 aromatic rings. The molecule has 5 rings (SSSR count). The molecule has 5 nitrogen and oxygen atoms in total. The number of carbonyl (C=O) groups excluding carboxylic acids is 1. The Morgan fingerprint density at radius 3 is 2.48 bits per heavy atom. The van der Waals surface area contributed by atoms with Crippen molar-refractivity contribution in [2.24, 2.45) is 0 Å². The van der Waals surface area contributed by atoms with Gasteiger partial charge in [-0.15, -0.1) is 11.3 Å². The summed E-state index contributed by atoms with van der Waals surface area (Å²) in [6.45, 7) is 5.94. The first-order chi connectivity index (χ1) is 16.0. The van der Waals surface area contributed by atoms with Gasteiger partial charge in [-0.05, 0) is 63.1 Å². The van der Waals surface area contributed by atoms with Crippen LogP contribution in [-0.2, 0) is 17.6 Å². The fourth-order valence-corrected chi connectivity index (χ4v) is 5.63. The Morgan fingerprint density at radius 1 is 1.00 bits per heavy atom. The van der Waals surface area contributed by atoms with E-state index in [0.717, 1.165) is 51.9 Å². The molecule has 0 unspecified atom stereocenters. The molecule has 1 amide bonds. The van der Waals surface area contributed by atoms with Crippen LogP contribution in [0, 0.1) is 20.8 Å². The largest absolute Gasteiger partial charge is 0.467 e. The van der Waals surface area contributed by atoms with E-state index in [0.29, 0.717) is 11.7 Å². The molecule has 0 spiro atoms. The predicted molar refractivity (Wildman–Crippen MR) is 134 cm³/mol. The number of carbonyl (C=O) groups is 1. The van der Waals surface area contributed by atoms with Gasteiger partial charge in [-0.3, -0.25) is 4.79 Å². The minimum absolute atomic E-state index is 0.0994. The van der Waals surface area contributed by atoms with Crippen LogP contribution in [0.4, 0.5) is 5.69 Å². The van der Waals surface area contributed by atoms with Crippen LogP contribution in [0.15, 0.2) is 42.5 Å². The van der Waals surface area contributed by atoms with Crippen LogP contribution in [0.5, 0.6) is 5.88 Å². The number of fused-ring (bicyclic) bond motifs is 3. The number of rotatable bonds is 5. The third-order valence-corrected chi connectivity index (χ3v) is 7.36. The van der Waals surface area contributed by atoms with Crippen molar-refractivity contribution < 1.29 is 9.53 Å². The van der Waals surface area contributed by atoms with Crippen LogP contribution in [0.3, 0.4) is 0 Å². The monoisotopic (exact) mass is 457 g/mol. The highest BCUT2D eigenvalue weighted by Crippen LogP contribution is 2.40. The number of benzene rings is 2. The van der Waals surface area contributed by atoms with Gasteiger partial charge >= 0.3 is 0 Å². The van der Waals surface area contributed by atoms with E-state index in [-0.39, 0.29) is 12.5 Å². The van der Waals surface area contributed by atoms with Crippen molar-refractivity contribution in [1.82, 2.24) is 9.97 Å². The molecule has 0 aliphatic heterocycles. The summed E-state index contributed by atoms with van der Waals surface area (Å²) < 4.78 is 6.09. The number of amides is 1. The lowest BCUT2D eigenvalue weighted by molar-refractivity contribution is -0.118. The third kappa shape index (κ3) is 4.35. The van der Waals surface area contributed by atoms with Crippen LogP contribution >= 0.6 is 11.3 Å². The molecule has 0 fully saturated rings.